The largest absolute Gasteiger partial charge is 0.455 e. The Bertz CT molecular complexity index is 2000. The summed E-state index contributed by atoms with van der Waals surface area (Å²) in [6.07, 6.45) is 0. The second-order valence-corrected chi connectivity index (χ2v) is 9.93. The summed E-state index contributed by atoms with van der Waals surface area (Å²) in [5, 5.41) is 2.06. The number of aryl methyl sites for hydroxylation is 1. The van der Waals surface area contributed by atoms with Crippen molar-refractivity contribution in [3.63, 3.8) is 0 Å². The van der Waals surface area contributed by atoms with Crippen LogP contribution in [0.1, 0.15) is 32.4 Å². The van der Waals surface area contributed by atoms with Crippen LogP contribution >= 0.6 is 0 Å². The minimum absolute atomic E-state index is 0.710. The number of furan rings is 1. The monoisotopic (exact) mass is 494 g/mol. The van der Waals surface area contributed by atoms with Crippen molar-refractivity contribution >= 4 is 33.0 Å². The van der Waals surface area contributed by atoms with E-state index in [1.165, 1.54) is 0 Å². The first-order chi connectivity index (χ1) is 18.9. The lowest BCUT2D eigenvalue weighted by Crippen LogP contribution is -2.00. The highest BCUT2D eigenvalue weighted by atomic mass is 16.3. The lowest BCUT2D eigenvalue weighted by molar-refractivity contribution is 0.667. The van der Waals surface area contributed by atoms with Crippen LogP contribution in [0.3, 0.4) is 0 Å². The second-order valence-electron chi connectivity index (χ2n) is 9.93. The summed E-state index contributed by atoms with van der Waals surface area (Å²) < 4.78 is 17.2. The number of fused-ring (bicyclic) bond motifs is 4. The molecule has 0 unspecified atom stereocenters. The predicted octanol–water partition coefficient (Wildman–Crippen LogP) is 9.09. The first kappa shape index (κ1) is 21.4. The van der Waals surface area contributed by atoms with Gasteiger partial charge in [0.25, 0.3) is 0 Å². The third kappa shape index (κ3) is 3.52. The Kier molecular flexibility index (Phi) is 4.90. The van der Waals surface area contributed by atoms with Crippen LogP contribution in [0.5, 0.6) is 0 Å². The Labute approximate surface area is 222 Å². The van der Waals surface area contributed by atoms with Crippen molar-refractivity contribution in [1.82, 2.24) is 14.5 Å². The van der Waals surface area contributed by atoms with Crippen LogP contribution in [0.25, 0.3) is 61.3 Å². The van der Waals surface area contributed by atoms with Gasteiger partial charge in [0, 0.05) is 23.4 Å². The molecule has 38 heavy (non-hydrogen) atoms. The standard InChI is InChI=1S/C34H27N3O/c1-21(2)24-17-18-26-27-15-10-16-28(33(27)38-31(26)19-24)34-36-30-20-29(23-11-6-4-7-12-23)35-22(3)32(30)37(34)25-13-8-5-9-14-25/h4-21H,1-3H3/i21D. The van der Waals surface area contributed by atoms with Gasteiger partial charge in [-0.2, -0.15) is 0 Å². The van der Waals surface area contributed by atoms with E-state index < -0.39 is 5.89 Å². The van der Waals surface area contributed by atoms with Gasteiger partial charge in [-0.15, -0.1) is 0 Å². The van der Waals surface area contributed by atoms with Gasteiger partial charge in [-0.25, -0.2) is 4.98 Å². The number of nitrogens with zero attached hydrogens (tertiary/aromatic N) is 3. The fraction of sp³-hybridized carbons (Fsp3) is 0.118. The minimum Gasteiger partial charge on any atom is -0.455 e. The topological polar surface area (TPSA) is 43.9 Å². The summed E-state index contributed by atoms with van der Waals surface area (Å²) in [6, 6.07) is 34.9. The minimum atomic E-state index is -0.710. The normalized spacial score (nSPS) is 12.4. The SMILES string of the molecule is [2H]C(C)(C)c1ccc2c(c1)oc1c(-c3nc4cc(-c5ccccc5)nc(C)c4n3-c3ccccc3)cccc12. The van der Waals surface area contributed by atoms with Gasteiger partial charge in [0.15, 0.2) is 0 Å². The number of para-hydroxylation sites is 2. The fourth-order valence-electron chi connectivity index (χ4n) is 5.33. The lowest BCUT2D eigenvalue weighted by atomic mass is 10.0. The van der Waals surface area contributed by atoms with Crippen LogP contribution in [-0.2, 0) is 0 Å². The molecule has 0 aliphatic rings. The first-order valence-electron chi connectivity index (χ1n) is 13.4. The molecule has 0 fully saturated rings. The summed E-state index contributed by atoms with van der Waals surface area (Å²) in [5.74, 6) is 0.0927. The molecule has 0 N–H and O–H groups in total. The number of benzene rings is 4. The second kappa shape index (κ2) is 8.70. The van der Waals surface area contributed by atoms with E-state index in [0.717, 1.165) is 72.6 Å². The lowest BCUT2D eigenvalue weighted by Gasteiger charge is -2.11. The number of hydrogen-bond acceptors (Lipinski definition) is 3. The number of imidazole rings is 1. The molecule has 3 heterocycles. The van der Waals surface area contributed by atoms with E-state index in [-0.39, 0.29) is 0 Å². The Morgan fingerprint density at radius 1 is 0.789 bits per heavy atom. The van der Waals surface area contributed by atoms with E-state index in [4.69, 9.17) is 15.8 Å². The van der Waals surface area contributed by atoms with Crippen molar-refractivity contribution in [2.24, 2.45) is 0 Å². The van der Waals surface area contributed by atoms with Crippen molar-refractivity contribution in [2.75, 3.05) is 0 Å². The smallest absolute Gasteiger partial charge is 0.149 e. The third-order valence-corrected chi connectivity index (χ3v) is 7.21. The maximum absolute atomic E-state index is 8.48. The van der Waals surface area contributed by atoms with Crippen LogP contribution in [0.4, 0.5) is 0 Å². The van der Waals surface area contributed by atoms with E-state index >= 15 is 0 Å². The van der Waals surface area contributed by atoms with Crippen molar-refractivity contribution < 1.29 is 5.79 Å². The number of pyridine rings is 1. The highest BCUT2D eigenvalue weighted by molar-refractivity contribution is 6.09. The maximum atomic E-state index is 8.48. The highest BCUT2D eigenvalue weighted by Crippen LogP contribution is 2.39. The Morgan fingerprint density at radius 2 is 1.55 bits per heavy atom. The molecule has 0 spiro atoms. The van der Waals surface area contributed by atoms with Gasteiger partial charge in [0.1, 0.15) is 17.0 Å². The van der Waals surface area contributed by atoms with Crippen LogP contribution < -0.4 is 0 Å². The molecular weight excluding hydrogens is 466 g/mol. The molecule has 0 atom stereocenters. The van der Waals surface area contributed by atoms with Gasteiger partial charge in [-0.3, -0.25) is 9.55 Å². The van der Waals surface area contributed by atoms with E-state index in [1.54, 1.807) is 0 Å². The van der Waals surface area contributed by atoms with Crippen molar-refractivity contribution in [2.45, 2.75) is 26.7 Å². The molecule has 0 bridgehead atoms. The van der Waals surface area contributed by atoms with Gasteiger partial charge in [0.2, 0.25) is 0 Å². The molecule has 0 aliphatic carbocycles. The van der Waals surface area contributed by atoms with E-state index in [9.17, 15) is 0 Å². The summed E-state index contributed by atoms with van der Waals surface area (Å²) >= 11 is 0. The third-order valence-electron chi connectivity index (χ3n) is 7.21. The zero-order chi connectivity index (χ0) is 26.7. The van der Waals surface area contributed by atoms with Crippen molar-refractivity contribution in [3.05, 3.63) is 114 Å². The van der Waals surface area contributed by atoms with E-state index in [2.05, 4.69) is 59.2 Å². The van der Waals surface area contributed by atoms with Crippen LogP contribution in [0.15, 0.2) is 108 Å². The average Bonchev–Trinajstić information content (AvgIpc) is 3.52. The summed E-state index contributed by atoms with van der Waals surface area (Å²) in [6.45, 7) is 5.83. The number of rotatable bonds is 4. The molecule has 4 aromatic carbocycles. The van der Waals surface area contributed by atoms with Crippen molar-refractivity contribution in [1.29, 1.82) is 0 Å². The van der Waals surface area contributed by atoms with E-state index in [1.807, 2.05) is 69.3 Å². The quantitative estimate of drug-likeness (QED) is 0.245. The Morgan fingerprint density at radius 3 is 2.32 bits per heavy atom. The maximum Gasteiger partial charge on any atom is 0.149 e. The molecule has 4 nitrogen and oxygen atoms in total. The molecular formula is C34H27N3O. The molecule has 3 aromatic heterocycles. The summed E-state index contributed by atoms with van der Waals surface area (Å²) in [5.41, 5.74) is 9.14. The molecule has 0 saturated carbocycles. The zero-order valence-electron chi connectivity index (χ0n) is 22.6. The average molecular weight is 495 g/mol. The van der Waals surface area contributed by atoms with Gasteiger partial charge < -0.3 is 4.42 Å². The fourth-order valence-corrected chi connectivity index (χ4v) is 5.33. The highest BCUT2D eigenvalue weighted by Gasteiger charge is 2.22. The molecule has 0 aliphatic heterocycles. The zero-order valence-corrected chi connectivity index (χ0v) is 21.6. The van der Waals surface area contributed by atoms with Crippen LogP contribution in [0.2, 0.25) is 0 Å². The predicted molar refractivity (Wildman–Crippen MR) is 156 cm³/mol. The van der Waals surface area contributed by atoms with Gasteiger partial charge in [-0.1, -0.05) is 86.6 Å². The molecule has 0 saturated heterocycles. The van der Waals surface area contributed by atoms with Crippen LogP contribution in [0, 0.1) is 6.92 Å². The molecule has 4 heteroatoms. The number of hydrogen-bond donors (Lipinski definition) is 0. The Hall–Kier alpha value is -4.70. The van der Waals surface area contributed by atoms with Gasteiger partial charge >= 0.3 is 0 Å². The first-order valence-corrected chi connectivity index (χ1v) is 12.9. The van der Waals surface area contributed by atoms with Gasteiger partial charge in [0.05, 0.1) is 28.0 Å². The molecule has 7 aromatic rings. The molecule has 7 rings (SSSR count). The molecule has 0 radical (unpaired) electrons. The Balaban J connectivity index is 1.53. The van der Waals surface area contributed by atoms with E-state index in [0.29, 0.717) is 0 Å². The summed E-state index contributed by atoms with van der Waals surface area (Å²) in [4.78, 5) is 10.2. The molecule has 0 amide bonds. The van der Waals surface area contributed by atoms with Crippen molar-refractivity contribution in [3.8, 4) is 28.3 Å². The molecule has 184 valence electrons. The van der Waals surface area contributed by atoms with Gasteiger partial charge in [-0.05, 0) is 48.7 Å². The van der Waals surface area contributed by atoms with Crippen LogP contribution in [-0.4, -0.2) is 14.5 Å². The number of aromatic nitrogens is 3. The summed E-state index contributed by atoms with van der Waals surface area (Å²) in [7, 11) is 0.